The van der Waals surface area contributed by atoms with Gasteiger partial charge in [0, 0.05) is 11.4 Å². The summed E-state index contributed by atoms with van der Waals surface area (Å²) in [6.45, 7) is 0. The van der Waals surface area contributed by atoms with Gasteiger partial charge in [-0.25, -0.2) is 8.78 Å². The molecule has 0 aliphatic heterocycles. The summed E-state index contributed by atoms with van der Waals surface area (Å²) in [7, 11) is 0. The van der Waals surface area contributed by atoms with Crippen molar-refractivity contribution >= 4 is 44.5 Å². The van der Waals surface area contributed by atoms with Crippen LogP contribution in [-0.4, -0.2) is 10.8 Å². The van der Waals surface area contributed by atoms with E-state index in [1.807, 2.05) is 0 Å². The molecule has 104 valence electrons. The van der Waals surface area contributed by atoms with Gasteiger partial charge < -0.3 is 5.32 Å². The lowest BCUT2D eigenvalue weighted by molar-refractivity contribution is -0.384. The lowest BCUT2D eigenvalue weighted by Gasteiger charge is -2.06. The Morgan fingerprint density at radius 3 is 2.60 bits per heavy atom. The number of benzene rings is 1. The molecule has 0 fully saturated rings. The van der Waals surface area contributed by atoms with Gasteiger partial charge in [-0.2, -0.15) is 0 Å². The van der Waals surface area contributed by atoms with E-state index >= 15 is 0 Å². The van der Waals surface area contributed by atoms with E-state index in [1.54, 1.807) is 0 Å². The van der Waals surface area contributed by atoms with Gasteiger partial charge in [-0.05, 0) is 22.0 Å². The fourth-order valence-corrected chi connectivity index (χ4v) is 2.58. The number of nitro groups is 1. The van der Waals surface area contributed by atoms with E-state index in [2.05, 4.69) is 21.2 Å². The molecule has 2 aromatic rings. The van der Waals surface area contributed by atoms with Crippen molar-refractivity contribution in [2.24, 2.45) is 0 Å². The van der Waals surface area contributed by atoms with Crippen LogP contribution >= 0.6 is 27.3 Å². The number of nitro benzene ring substituents is 1. The van der Waals surface area contributed by atoms with Crippen LogP contribution in [-0.2, 0) is 0 Å². The van der Waals surface area contributed by atoms with Gasteiger partial charge in [-0.15, -0.1) is 11.3 Å². The van der Waals surface area contributed by atoms with Gasteiger partial charge >= 0.3 is 0 Å². The third kappa shape index (κ3) is 2.99. The molecule has 0 bridgehead atoms. The topological polar surface area (TPSA) is 72.2 Å². The number of nitrogens with zero attached hydrogens (tertiary/aromatic N) is 1. The molecule has 0 saturated heterocycles. The molecule has 1 N–H and O–H groups in total. The van der Waals surface area contributed by atoms with Gasteiger partial charge in [0.2, 0.25) is 0 Å². The Bertz CT molecular complexity index is 705. The molecule has 5 nitrogen and oxygen atoms in total. The average molecular weight is 363 g/mol. The molecule has 20 heavy (non-hydrogen) atoms. The SMILES string of the molecule is O=C(Nc1c(F)cc(F)cc1[N+](=O)[O-])c1csc(Br)c1. The highest BCUT2D eigenvalue weighted by atomic mass is 79.9. The normalized spacial score (nSPS) is 10.3. The third-order valence-electron chi connectivity index (χ3n) is 2.30. The molecule has 2 rings (SSSR count). The molecular formula is C11H5BrF2N2O3S. The van der Waals surface area contributed by atoms with Gasteiger partial charge in [-0.3, -0.25) is 14.9 Å². The Morgan fingerprint density at radius 1 is 1.35 bits per heavy atom. The maximum Gasteiger partial charge on any atom is 0.298 e. The molecule has 9 heteroatoms. The summed E-state index contributed by atoms with van der Waals surface area (Å²) in [4.78, 5) is 21.6. The van der Waals surface area contributed by atoms with E-state index in [0.29, 0.717) is 15.9 Å². The lowest BCUT2D eigenvalue weighted by Crippen LogP contribution is -2.14. The van der Waals surface area contributed by atoms with E-state index in [1.165, 1.54) is 22.8 Å². The lowest BCUT2D eigenvalue weighted by atomic mass is 10.2. The highest BCUT2D eigenvalue weighted by molar-refractivity contribution is 9.11. The fraction of sp³-hybridized carbons (Fsp3) is 0. The summed E-state index contributed by atoms with van der Waals surface area (Å²) in [6, 6.07) is 2.49. The molecule has 0 unspecified atom stereocenters. The number of carbonyl (C=O) groups excluding carboxylic acids is 1. The second-order valence-electron chi connectivity index (χ2n) is 3.63. The van der Waals surface area contributed by atoms with Crippen LogP contribution < -0.4 is 5.32 Å². The highest BCUT2D eigenvalue weighted by Crippen LogP contribution is 2.29. The standard InChI is InChI=1S/C11H5BrF2N2O3S/c12-9-1-5(4-20-9)11(17)15-10-7(14)2-6(13)3-8(10)16(18)19/h1-4H,(H,15,17). The molecule has 0 radical (unpaired) electrons. The van der Waals surface area contributed by atoms with E-state index in [-0.39, 0.29) is 5.56 Å². The van der Waals surface area contributed by atoms with Gasteiger partial charge in [0.15, 0.2) is 11.5 Å². The Balaban J connectivity index is 2.38. The van der Waals surface area contributed by atoms with Gasteiger partial charge in [0.25, 0.3) is 11.6 Å². The summed E-state index contributed by atoms with van der Waals surface area (Å²) in [6.07, 6.45) is 0. The van der Waals surface area contributed by atoms with Crippen molar-refractivity contribution in [3.05, 3.63) is 54.7 Å². The van der Waals surface area contributed by atoms with Crippen LogP contribution in [0.4, 0.5) is 20.2 Å². The Labute approximate surface area is 123 Å². The largest absolute Gasteiger partial charge is 0.314 e. The molecule has 0 atom stereocenters. The van der Waals surface area contributed by atoms with Crippen molar-refractivity contribution in [2.45, 2.75) is 0 Å². The van der Waals surface area contributed by atoms with Crippen molar-refractivity contribution in [3.8, 4) is 0 Å². The minimum Gasteiger partial charge on any atom is -0.314 e. The fourth-order valence-electron chi connectivity index (χ4n) is 1.44. The van der Waals surface area contributed by atoms with E-state index in [0.717, 1.165) is 0 Å². The maximum atomic E-state index is 13.6. The van der Waals surface area contributed by atoms with Crippen molar-refractivity contribution in [1.29, 1.82) is 0 Å². The zero-order chi connectivity index (χ0) is 14.9. The molecule has 0 spiro atoms. The van der Waals surface area contributed by atoms with Crippen molar-refractivity contribution in [1.82, 2.24) is 0 Å². The highest BCUT2D eigenvalue weighted by Gasteiger charge is 2.23. The van der Waals surface area contributed by atoms with Crippen LogP contribution in [0.1, 0.15) is 10.4 Å². The van der Waals surface area contributed by atoms with Gasteiger partial charge in [-0.1, -0.05) is 0 Å². The molecule has 0 aliphatic rings. The number of nitrogens with one attached hydrogen (secondary N) is 1. The van der Waals surface area contributed by atoms with Crippen molar-refractivity contribution in [2.75, 3.05) is 5.32 Å². The van der Waals surface area contributed by atoms with Crippen LogP contribution in [0.15, 0.2) is 27.4 Å². The number of hydrogen-bond donors (Lipinski definition) is 1. The molecule has 1 aromatic carbocycles. The number of anilines is 1. The number of carbonyl (C=O) groups is 1. The van der Waals surface area contributed by atoms with Gasteiger partial charge in [0.1, 0.15) is 5.82 Å². The van der Waals surface area contributed by atoms with Crippen LogP contribution in [0, 0.1) is 21.7 Å². The number of thiophene rings is 1. The van der Waals surface area contributed by atoms with E-state index in [9.17, 15) is 23.7 Å². The molecule has 0 aliphatic carbocycles. The maximum absolute atomic E-state index is 13.6. The third-order valence-corrected chi connectivity index (χ3v) is 3.80. The predicted molar refractivity (Wildman–Crippen MR) is 73.0 cm³/mol. The Morgan fingerprint density at radius 2 is 2.05 bits per heavy atom. The first kappa shape index (κ1) is 14.5. The Hall–Kier alpha value is -1.87. The summed E-state index contributed by atoms with van der Waals surface area (Å²) in [5.41, 5.74) is -1.30. The van der Waals surface area contributed by atoms with Crippen LogP contribution in [0.5, 0.6) is 0 Å². The first-order valence-corrected chi connectivity index (χ1v) is 6.74. The first-order valence-electron chi connectivity index (χ1n) is 5.07. The zero-order valence-corrected chi connectivity index (χ0v) is 11.9. The smallest absolute Gasteiger partial charge is 0.298 e. The zero-order valence-electron chi connectivity index (χ0n) is 9.52. The monoisotopic (exact) mass is 362 g/mol. The van der Waals surface area contributed by atoms with Crippen molar-refractivity contribution in [3.63, 3.8) is 0 Å². The van der Waals surface area contributed by atoms with Crippen LogP contribution in [0.3, 0.4) is 0 Å². The Kier molecular flexibility index (Phi) is 4.09. The van der Waals surface area contributed by atoms with Crippen LogP contribution in [0.2, 0.25) is 0 Å². The summed E-state index contributed by atoms with van der Waals surface area (Å²) < 4.78 is 27.2. The number of rotatable bonds is 3. The molecule has 1 amide bonds. The predicted octanol–water partition coefficient (Wildman–Crippen LogP) is 3.95. The average Bonchev–Trinajstić information content (AvgIpc) is 2.78. The van der Waals surface area contributed by atoms with Crippen LogP contribution in [0.25, 0.3) is 0 Å². The van der Waals surface area contributed by atoms with Gasteiger partial charge in [0.05, 0.1) is 20.3 Å². The molecule has 1 heterocycles. The summed E-state index contributed by atoms with van der Waals surface area (Å²) >= 11 is 4.38. The van der Waals surface area contributed by atoms with E-state index in [4.69, 9.17) is 0 Å². The summed E-state index contributed by atoms with van der Waals surface area (Å²) in [5, 5.41) is 14.3. The number of halogens is 3. The quantitative estimate of drug-likeness (QED) is 0.663. The molecule has 1 aromatic heterocycles. The number of amides is 1. The number of hydrogen-bond acceptors (Lipinski definition) is 4. The second kappa shape index (κ2) is 5.63. The minimum atomic E-state index is -1.21. The molecule has 0 saturated carbocycles. The van der Waals surface area contributed by atoms with E-state index < -0.39 is 33.8 Å². The second-order valence-corrected chi connectivity index (χ2v) is 5.92. The minimum absolute atomic E-state index is 0.208. The first-order chi connectivity index (χ1) is 9.38. The van der Waals surface area contributed by atoms with Crippen molar-refractivity contribution < 1.29 is 18.5 Å². The summed E-state index contributed by atoms with van der Waals surface area (Å²) in [5.74, 6) is -3.02. The molecular weight excluding hydrogens is 358 g/mol.